The number of ether oxygens (including phenoxy) is 4. The van der Waals surface area contributed by atoms with Crippen LogP contribution in [0.25, 0.3) is 32.6 Å². The van der Waals surface area contributed by atoms with Gasteiger partial charge in [-0.05, 0) is 36.2 Å². The molecule has 2 heterocycles. The van der Waals surface area contributed by atoms with Crippen LogP contribution in [0.4, 0.5) is 5.69 Å². The van der Waals surface area contributed by atoms with E-state index in [4.69, 9.17) is 29.7 Å². The minimum atomic E-state index is -0.254. The molecular formula is C32H31N3O5S. The summed E-state index contributed by atoms with van der Waals surface area (Å²) in [5.41, 5.74) is 11.4. The van der Waals surface area contributed by atoms with Crippen LogP contribution in [-0.2, 0) is 6.42 Å². The molecule has 0 aliphatic rings. The number of hydrogen-bond acceptors (Lipinski definition) is 8. The van der Waals surface area contributed by atoms with Gasteiger partial charge in [-0.1, -0.05) is 48.5 Å². The van der Waals surface area contributed by atoms with Gasteiger partial charge in [0.2, 0.25) is 0 Å². The molecule has 3 N–H and O–H groups in total. The first kappa shape index (κ1) is 27.8. The zero-order chi connectivity index (χ0) is 28.9. The van der Waals surface area contributed by atoms with Crippen LogP contribution in [0.3, 0.4) is 0 Å². The van der Waals surface area contributed by atoms with E-state index in [0.717, 1.165) is 27.9 Å². The Balaban J connectivity index is 1.52. The largest absolute Gasteiger partial charge is 0.493 e. The van der Waals surface area contributed by atoms with Gasteiger partial charge in [0.25, 0.3) is 5.91 Å². The van der Waals surface area contributed by atoms with Gasteiger partial charge in [-0.3, -0.25) is 4.79 Å². The fourth-order valence-electron chi connectivity index (χ4n) is 4.79. The molecule has 0 unspecified atom stereocenters. The number of methoxy groups -OCH3 is 4. The number of thiophene rings is 1. The molecule has 0 atom stereocenters. The van der Waals surface area contributed by atoms with Crippen molar-refractivity contribution in [1.29, 1.82) is 0 Å². The fourth-order valence-corrected chi connectivity index (χ4v) is 5.83. The van der Waals surface area contributed by atoms with E-state index in [2.05, 4.69) is 5.32 Å². The Labute approximate surface area is 242 Å². The average molecular weight is 570 g/mol. The van der Waals surface area contributed by atoms with Crippen LogP contribution >= 0.6 is 11.3 Å². The Morgan fingerprint density at radius 1 is 0.829 bits per heavy atom. The Morgan fingerprint density at radius 2 is 1.59 bits per heavy atom. The number of pyridine rings is 1. The first-order valence-corrected chi connectivity index (χ1v) is 13.8. The highest BCUT2D eigenvalue weighted by Crippen LogP contribution is 2.46. The lowest BCUT2D eigenvalue weighted by molar-refractivity contribution is 0.0959. The third kappa shape index (κ3) is 5.49. The van der Waals surface area contributed by atoms with Gasteiger partial charge in [-0.2, -0.15) is 0 Å². The minimum Gasteiger partial charge on any atom is -0.493 e. The summed E-state index contributed by atoms with van der Waals surface area (Å²) in [6.07, 6.45) is 0.611. The number of aromatic nitrogens is 1. The van der Waals surface area contributed by atoms with Gasteiger partial charge >= 0.3 is 0 Å². The van der Waals surface area contributed by atoms with Crippen LogP contribution in [-0.4, -0.2) is 45.9 Å². The van der Waals surface area contributed by atoms with Crippen molar-refractivity contribution in [3.63, 3.8) is 0 Å². The molecule has 3 aromatic carbocycles. The lowest BCUT2D eigenvalue weighted by atomic mass is 9.98. The van der Waals surface area contributed by atoms with E-state index >= 15 is 0 Å². The normalized spacial score (nSPS) is 10.8. The molecule has 5 aromatic rings. The van der Waals surface area contributed by atoms with Crippen molar-refractivity contribution in [2.75, 3.05) is 40.7 Å². The first-order valence-electron chi connectivity index (χ1n) is 13.0. The topological polar surface area (TPSA) is 105 Å². The maximum Gasteiger partial charge on any atom is 0.263 e. The van der Waals surface area contributed by atoms with E-state index in [9.17, 15) is 4.79 Å². The summed E-state index contributed by atoms with van der Waals surface area (Å²) >= 11 is 1.27. The number of amides is 1. The van der Waals surface area contributed by atoms with Crippen molar-refractivity contribution in [2.45, 2.75) is 6.42 Å². The fraction of sp³-hybridized carbons (Fsp3) is 0.188. The molecule has 41 heavy (non-hydrogen) atoms. The number of nitrogens with zero attached hydrogens (tertiary/aromatic N) is 1. The zero-order valence-corrected chi connectivity index (χ0v) is 24.1. The number of carbonyl (C=O) groups excluding carboxylic acids is 1. The number of anilines is 1. The molecule has 0 saturated heterocycles. The van der Waals surface area contributed by atoms with Crippen LogP contribution < -0.4 is 30.0 Å². The maximum absolute atomic E-state index is 13.4. The second-order valence-electron chi connectivity index (χ2n) is 9.18. The quantitative estimate of drug-likeness (QED) is 0.206. The summed E-state index contributed by atoms with van der Waals surface area (Å²) in [5.74, 6) is 2.22. The van der Waals surface area contributed by atoms with E-state index < -0.39 is 0 Å². The monoisotopic (exact) mass is 569 g/mol. The van der Waals surface area contributed by atoms with Crippen molar-refractivity contribution in [1.82, 2.24) is 10.3 Å². The molecule has 0 radical (unpaired) electrons. The predicted molar refractivity (Wildman–Crippen MR) is 164 cm³/mol. The smallest absolute Gasteiger partial charge is 0.263 e. The summed E-state index contributed by atoms with van der Waals surface area (Å²) < 4.78 is 22.0. The number of fused-ring (bicyclic) bond motifs is 1. The van der Waals surface area contributed by atoms with Crippen LogP contribution in [0.1, 0.15) is 15.2 Å². The van der Waals surface area contributed by atoms with Crippen LogP contribution in [0.5, 0.6) is 23.0 Å². The molecule has 5 rings (SSSR count). The van der Waals surface area contributed by atoms with E-state index in [-0.39, 0.29) is 5.91 Å². The lowest BCUT2D eigenvalue weighted by Crippen LogP contribution is -2.25. The highest BCUT2D eigenvalue weighted by atomic mass is 32.1. The first-order chi connectivity index (χ1) is 20.0. The number of rotatable bonds is 10. The van der Waals surface area contributed by atoms with Gasteiger partial charge in [-0.15, -0.1) is 11.3 Å². The van der Waals surface area contributed by atoms with Crippen molar-refractivity contribution >= 4 is 33.1 Å². The van der Waals surface area contributed by atoms with Gasteiger partial charge in [0.05, 0.1) is 39.8 Å². The molecule has 0 spiro atoms. The molecular weight excluding hydrogens is 538 g/mol. The Kier molecular flexibility index (Phi) is 8.26. The second-order valence-corrected chi connectivity index (χ2v) is 10.2. The third-order valence-corrected chi connectivity index (χ3v) is 7.91. The SMILES string of the molecule is COc1ccc(CCNC(=O)c2sc3nc(-c4ccccc4)cc(-c4cccc(OC)c4OC)c3c2N)cc1OC. The molecule has 1 amide bonds. The highest BCUT2D eigenvalue weighted by molar-refractivity contribution is 7.21. The molecule has 8 nitrogen and oxygen atoms in total. The Hall–Kier alpha value is -4.76. The molecule has 0 fully saturated rings. The third-order valence-electron chi connectivity index (χ3n) is 6.82. The van der Waals surface area contributed by atoms with E-state index in [1.165, 1.54) is 11.3 Å². The van der Waals surface area contributed by atoms with Gasteiger partial charge in [0.15, 0.2) is 23.0 Å². The van der Waals surface area contributed by atoms with Gasteiger partial charge in [0, 0.05) is 28.6 Å². The number of nitrogens with two attached hydrogens (primary N) is 1. The van der Waals surface area contributed by atoms with E-state index in [0.29, 0.717) is 56.7 Å². The minimum absolute atomic E-state index is 0.254. The number of nitrogen functional groups attached to an aromatic ring is 1. The van der Waals surface area contributed by atoms with Crippen LogP contribution in [0, 0.1) is 0 Å². The lowest BCUT2D eigenvalue weighted by Gasteiger charge is -2.15. The number of benzene rings is 3. The van der Waals surface area contributed by atoms with Crippen molar-refractivity contribution in [2.24, 2.45) is 0 Å². The number of hydrogen-bond donors (Lipinski definition) is 2. The standard InChI is InChI=1S/C32H31N3O5S/c1-37-24-14-13-19(17-26(24)39-3)15-16-34-31(36)30-28(33)27-22(21-11-8-12-25(38-2)29(21)40-4)18-23(35-32(27)41-30)20-9-6-5-7-10-20/h5-14,17-18H,15-16,33H2,1-4H3,(H,34,36). The molecule has 0 saturated carbocycles. The molecule has 0 aliphatic heterocycles. The molecule has 9 heteroatoms. The molecule has 0 bridgehead atoms. The number of nitrogens with one attached hydrogen (secondary N) is 1. The second kappa shape index (κ2) is 12.2. The van der Waals surface area contributed by atoms with Crippen molar-refractivity contribution in [3.8, 4) is 45.4 Å². The van der Waals surface area contributed by atoms with Gasteiger partial charge < -0.3 is 30.0 Å². The maximum atomic E-state index is 13.4. The summed E-state index contributed by atoms with van der Waals surface area (Å²) in [5, 5.41) is 3.71. The van der Waals surface area contributed by atoms with E-state index in [1.54, 1.807) is 28.4 Å². The zero-order valence-electron chi connectivity index (χ0n) is 23.3. The van der Waals surface area contributed by atoms with Crippen molar-refractivity contribution in [3.05, 3.63) is 83.2 Å². The van der Waals surface area contributed by atoms with Crippen LogP contribution in [0.15, 0.2) is 72.8 Å². The number of para-hydroxylation sites is 1. The Bertz CT molecular complexity index is 1700. The molecule has 0 aliphatic carbocycles. The summed E-state index contributed by atoms with van der Waals surface area (Å²) in [7, 11) is 6.40. The molecule has 2 aromatic heterocycles. The Morgan fingerprint density at radius 3 is 2.29 bits per heavy atom. The average Bonchev–Trinajstić information content (AvgIpc) is 3.36. The molecule has 210 valence electrons. The highest BCUT2D eigenvalue weighted by Gasteiger charge is 2.24. The summed E-state index contributed by atoms with van der Waals surface area (Å²) in [6, 6.07) is 23.3. The van der Waals surface area contributed by atoms with E-state index in [1.807, 2.05) is 72.8 Å². The van der Waals surface area contributed by atoms with Gasteiger partial charge in [-0.25, -0.2) is 4.98 Å². The summed E-state index contributed by atoms with van der Waals surface area (Å²) in [4.78, 5) is 19.4. The van der Waals surface area contributed by atoms with Crippen LogP contribution in [0.2, 0.25) is 0 Å². The van der Waals surface area contributed by atoms with Gasteiger partial charge in [0.1, 0.15) is 9.71 Å². The number of carbonyl (C=O) groups is 1. The predicted octanol–water partition coefficient (Wildman–Crippen LogP) is 6.22. The summed E-state index contributed by atoms with van der Waals surface area (Å²) in [6.45, 7) is 0.418. The van der Waals surface area contributed by atoms with Crippen molar-refractivity contribution < 1.29 is 23.7 Å².